The second kappa shape index (κ2) is 5.08. The number of hydrogen-bond donors (Lipinski definition) is 1. The van der Waals surface area contributed by atoms with Crippen LogP contribution in [0.5, 0.6) is 0 Å². The van der Waals surface area contributed by atoms with Crippen molar-refractivity contribution in [3.8, 4) is 0 Å². The predicted octanol–water partition coefficient (Wildman–Crippen LogP) is 1.69. The van der Waals surface area contributed by atoms with E-state index in [1.54, 1.807) is 13.8 Å². The Morgan fingerprint density at radius 3 is 2.60 bits per heavy atom. The molecule has 1 fully saturated rings. The van der Waals surface area contributed by atoms with Gasteiger partial charge in [-0.25, -0.2) is 0 Å². The summed E-state index contributed by atoms with van der Waals surface area (Å²) in [6, 6.07) is -0.502. The summed E-state index contributed by atoms with van der Waals surface area (Å²) < 4.78 is 40.2. The lowest BCUT2D eigenvalue weighted by Gasteiger charge is -2.18. The molecular weight excluding hydrogens is 275 g/mol. The van der Waals surface area contributed by atoms with E-state index in [0.29, 0.717) is 6.42 Å². The summed E-state index contributed by atoms with van der Waals surface area (Å²) in [4.78, 5) is 13.4. The summed E-state index contributed by atoms with van der Waals surface area (Å²) in [6.45, 7) is 3.44. The van der Waals surface area contributed by atoms with Gasteiger partial charge in [0.15, 0.2) is 5.69 Å². The second-order valence-corrected chi connectivity index (χ2v) is 5.14. The Bertz CT molecular complexity index is 511. The van der Waals surface area contributed by atoms with Crippen LogP contribution in [0.25, 0.3) is 0 Å². The molecule has 8 heteroatoms. The molecule has 1 saturated heterocycles. The zero-order chi connectivity index (χ0) is 15.1. The Kier molecular flexibility index (Phi) is 3.77. The van der Waals surface area contributed by atoms with Gasteiger partial charge in [-0.05, 0) is 20.3 Å². The molecule has 0 aliphatic carbocycles. The number of likely N-dealkylation sites (tertiary alicyclic amines) is 1. The molecule has 5 nitrogen and oxygen atoms in total. The molecule has 0 aromatic carbocycles. The van der Waals surface area contributed by atoms with Crippen molar-refractivity contribution in [1.82, 2.24) is 14.7 Å². The SMILES string of the molecule is CC(C)n1ncc(C(=O)N2CC[C@@H](O)C2)c1C(F)(F)F. The molecule has 1 aliphatic heterocycles. The van der Waals surface area contributed by atoms with E-state index in [4.69, 9.17) is 0 Å². The first-order valence-electron chi connectivity index (χ1n) is 6.34. The number of hydrogen-bond acceptors (Lipinski definition) is 3. The first-order chi connectivity index (χ1) is 9.21. The third-order valence-electron chi connectivity index (χ3n) is 3.23. The van der Waals surface area contributed by atoms with Crippen molar-refractivity contribution >= 4 is 5.91 Å². The number of aliphatic hydroxyl groups excluding tert-OH is 1. The monoisotopic (exact) mass is 291 g/mol. The highest BCUT2D eigenvalue weighted by molar-refractivity contribution is 5.95. The quantitative estimate of drug-likeness (QED) is 0.902. The summed E-state index contributed by atoms with van der Waals surface area (Å²) >= 11 is 0. The van der Waals surface area contributed by atoms with Gasteiger partial charge in [0, 0.05) is 19.1 Å². The van der Waals surface area contributed by atoms with Gasteiger partial charge in [-0.2, -0.15) is 18.3 Å². The van der Waals surface area contributed by atoms with Gasteiger partial charge in [0.1, 0.15) is 0 Å². The molecule has 2 rings (SSSR count). The Morgan fingerprint density at radius 1 is 1.50 bits per heavy atom. The summed E-state index contributed by atoms with van der Waals surface area (Å²) in [7, 11) is 0. The summed E-state index contributed by atoms with van der Waals surface area (Å²) in [5.74, 6) is -0.735. The van der Waals surface area contributed by atoms with Crippen molar-refractivity contribution in [2.45, 2.75) is 38.6 Å². The number of halogens is 3. The van der Waals surface area contributed by atoms with Gasteiger partial charge in [-0.1, -0.05) is 0 Å². The Morgan fingerprint density at radius 2 is 2.15 bits per heavy atom. The highest BCUT2D eigenvalue weighted by Crippen LogP contribution is 2.34. The molecule has 0 radical (unpaired) electrons. The van der Waals surface area contributed by atoms with E-state index in [1.165, 1.54) is 4.90 Å². The second-order valence-electron chi connectivity index (χ2n) is 5.14. The molecule has 0 unspecified atom stereocenters. The van der Waals surface area contributed by atoms with Gasteiger partial charge in [-0.3, -0.25) is 9.48 Å². The fraction of sp³-hybridized carbons (Fsp3) is 0.667. The van der Waals surface area contributed by atoms with E-state index in [2.05, 4.69) is 5.10 Å². The fourth-order valence-corrected chi connectivity index (χ4v) is 2.29. The molecule has 2 heterocycles. The molecule has 1 aromatic heterocycles. The first kappa shape index (κ1) is 14.8. The highest BCUT2D eigenvalue weighted by atomic mass is 19.4. The Hall–Kier alpha value is -1.57. The zero-order valence-electron chi connectivity index (χ0n) is 11.2. The van der Waals surface area contributed by atoms with E-state index in [1.807, 2.05) is 0 Å². The smallest absolute Gasteiger partial charge is 0.391 e. The van der Waals surface area contributed by atoms with Crippen LogP contribution in [0, 0.1) is 0 Å². The maximum Gasteiger partial charge on any atom is 0.433 e. The summed E-state index contributed by atoms with van der Waals surface area (Å²) in [5, 5.41) is 13.1. The number of nitrogens with zero attached hydrogens (tertiary/aromatic N) is 3. The van der Waals surface area contributed by atoms with Crippen molar-refractivity contribution in [3.63, 3.8) is 0 Å². The lowest BCUT2D eigenvalue weighted by atomic mass is 10.2. The normalized spacial score (nSPS) is 19.9. The number of carbonyl (C=O) groups excluding carboxylic acids is 1. The predicted molar refractivity (Wildman–Crippen MR) is 64.1 cm³/mol. The standard InChI is InChI=1S/C12H16F3N3O2/c1-7(2)18-10(12(13,14)15)9(5-16-18)11(20)17-4-3-8(19)6-17/h5,7-8,19H,3-4,6H2,1-2H3/t8-/m1/s1. The van der Waals surface area contributed by atoms with E-state index >= 15 is 0 Å². The molecule has 20 heavy (non-hydrogen) atoms. The van der Waals surface area contributed by atoms with Gasteiger partial charge in [0.25, 0.3) is 5.91 Å². The average molecular weight is 291 g/mol. The minimum Gasteiger partial charge on any atom is -0.391 e. The van der Waals surface area contributed by atoms with Gasteiger partial charge in [0.2, 0.25) is 0 Å². The van der Waals surface area contributed by atoms with Crippen LogP contribution in [0.4, 0.5) is 13.2 Å². The number of aromatic nitrogens is 2. The van der Waals surface area contributed by atoms with Gasteiger partial charge in [-0.15, -0.1) is 0 Å². The Balaban J connectivity index is 2.39. The molecule has 1 amide bonds. The number of carbonyl (C=O) groups is 1. The first-order valence-corrected chi connectivity index (χ1v) is 6.34. The maximum absolute atomic E-state index is 13.1. The average Bonchev–Trinajstić information content (AvgIpc) is 2.92. The molecule has 1 aliphatic rings. The van der Waals surface area contributed by atoms with Crippen molar-refractivity contribution in [2.75, 3.05) is 13.1 Å². The number of amides is 1. The van der Waals surface area contributed by atoms with Crippen LogP contribution in [0.3, 0.4) is 0 Å². The van der Waals surface area contributed by atoms with Crippen LogP contribution in [-0.4, -0.2) is 44.9 Å². The van der Waals surface area contributed by atoms with Crippen LogP contribution in [0.1, 0.15) is 42.4 Å². The number of aliphatic hydroxyl groups is 1. The Labute approximate surface area is 114 Å². The minimum atomic E-state index is -4.65. The van der Waals surface area contributed by atoms with E-state index in [0.717, 1.165) is 10.9 Å². The van der Waals surface area contributed by atoms with E-state index < -0.39 is 35.5 Å². The van der Waals surface area contributed by atoms with Gasteiger partial charge < -0.3 is 10.0 Å². The maximum atomic E-state index is 13.1. The lowest BCUT2D eigenvalue weighted by Crippen LogP contribution is -2.31. The fourth-order valence-electron chi connectivity index (χ4n) is 2.29. The number of rotatable bonds is 2. The zero-order valence-corrected chi connectivity index (χ0v) is 11.2. The minimum absolute atomic E-state index is 0.0585. The number of β-amino-alcohol motifs (C(OH)–C–C–N with tert-alkyl or cyclic N) is 1. The summed E-state index contributed by atoms with van der Waals surface area (Å²) in [5.41, 5.74) is -1.49. The van der Waals surface area contributed by atoms with Crippen molar-refractivity contribution in [1.29, 1.82) is 0 Å². The largest absolute Gasteiger partial charge is 0.433 e. The van der Waals surface area contributed by atoms with Crippen molar-refractivity contribution in [2.24, 2.45) is 0 Å². The van der Waals surface area contributed by atoms with Crippen LogP contribution < -0.4 is 0 Å². The molecule has 1 aromatic rings. The lowest BCUT2D eigenvalue weighted by molar-refractivity contribution is -0.145. The van der Waals surface area contributed by atoms with Crippen molar-refractivity contribution < 1.29 is 23.1 Å². The molecule has 112 valence electrons. The van der Waals surface area contributed by atoms with E-state index in [-0.39, 0.29) is 13.1 Å². The molecule has 0 saturated carbocycles. The van der Waals surface area contributed by atoms with Gasteiger partial charge >= 0.3 is 6.18 Å². The van der Waals surface area contributed by atoms with Gasteiger partial charge in [0.05, 0.1) is 17.9 Å². The van der Waals surface area contributed by atoms with Crippen LogP contribution in [0.15, 0.2) is 6.20 Å². The van der Waals surface area contributed by atoms with Crippen LogP contribution >= 0.6 is 0 Å². The molecule has 1 atom stereocenters. The third kappa shape index (κ3) is 2.65. The molecule has 0 bridgehead atoms. The van der Waals surface area contributed by atoms with Crippen LogP contribution in [-0.2, 0) is 6.18 Å². The van der Waals surface area contributed by atoms with E-state index in [9.17, 15) is 23.1 Å². The molecule has 1 N–H and O–H groups in total. The van der Waals surface area contributed by atoms with Crippen LogP contribution in [0.2, 0.25) is 0 Å². The summed E-state index contributed by atoms with van der Waals surface area (Å²) in [6.07, 6.45) is -3.99. The molecular formula is C12H16F3N3O2. The van der Waals surface area contributed by atoms with Crippen molar-refractivity contribution in [3.05, 3.63) is 17.5 Å². The highest BCUT2D eigenvalue weighted by Gasteiger charge is 2.42. The third-order valence-corrected chi connectivity index (χ3v) is 3.23. The number of alkyl halides is 3. The topological polar surface area (TPSA) is 58.4 Å². The molecule has 0 spiro atoms.